The number of hydrogen-bond donors (Lipinski definition) is 0. The summed E-state index contributed by atoms with van der Waals surface area (Å²) in [6.07, 6.45) is 2.80. The van der Waals surface area contributed by atoms with Crippen molar-refractivity contribution in [3.8, 4) is 11.3 Å². The van der Waals surface area contributed by atoms with Gasteiger partial charge in [-0.25, -0.2) is 8.78 Å². The van der Waals surface area contributed by atoms with Gasteiger partial charge in [0.15, 0.2) is 6.29 Å². The molecule has 6 heteroatoms. The Kier molecular flexibility index (Phi) is 3.31. The summed E-state index contributed by atoms with van der Waals surface area (Å²) in [5, 5.41) is 4.32. The predicted octanol–water partition coefficient (Wildman–Crippen LogP) is 2.60. The van der Waals surface area contributed by atoms with Crippen molar-refractivity contribution in [2.75, 3.05) is 13.2 Å². The first-order valence-electron chi connectivity index (χ1n) is 6.26. The second kappa shape index (κ2) is 5.13. The minimum absolute atomic E-state index is 0.160. The third-order valence-electron chi connectivity index (χ3n) is 3.38. The lowest BCUT2D eigenvalue weighted by Gasteiger charge is -2.07. The molecule has 4 nitrogen and oxygen atoms in total. The zero-order chi connectivity index (χ0) is 14.1. The van der Waals surface area contributed by atoms with Crippen LogP contribution in [0.15, 0.2) is 24.4 Å². The highest BCUT2D eigenvalue weighted by Gasteiger charge is 2.19. The molecular weight excluding hydrogens is 266 g/mol. The molecule has 0 spiro atoms. The van der Waals surface area contributed by atoms with Gasteiger partial charge in [0, 0.05) is 18.4 Å². The van der Waals surface area contributed by atoms with Crippen molar-refractivity contribution in [2.45, 2.75) is 12.5 Å². The van der Waals surface area contributed by atoms with Crippen molar-refractivity contribution < 1.29 is 18.3 Å². The Balaban J connectivity index is 1.95. The molecule has 1 aromatic heterocycles. The quantitative estimate of drug-likeness (QED) is 0.811. The van der Waals surface area contributed by atoms with Gasteiger partial charge in [-0.2, -0.15) is 5.10 Å². The van der Waals surface area contributed by atoms with Crippen LogP contribution in [0.2, 0.25) is 0 Å². The molecule has 104 valence electrons. The van der Waals surface area contributed by atoms with E-state index in [1.54, 1.807) is 16.9 Å². The van der Waals surface area contributed by atoms with Crippen molar-refractivity contribution in [1.29, 1.82) is 0 Å². The van der Waals surface area contributed by atoms with E-state index >= 15 is 0 Å². The van der Waals surface area contributed by atoms with Crippen LogP contribution in [0.1, 0.15) is 22.8 Å². The van der Waals surface area contributed by atoms with Crippen LogP contribution in [0.25, 0.3) is 11.3 Å². The molecule has 0 amide bonds. The molecule has 0 unspecified atom stereocenters. The van der Waals surface area contributed by atoms with Gasteiger partial charge in [0.05, 0.1) is 23.9 Å². The number of rotatable bonds is 3. The second-order valence-electron chi connectivity index (χ2n) is 4.67. The summed E-state index contributed by atoms with van der Waals surface area (Å²) in [7, 11) is 0. The molecule has 0 aliphatic carbocycles. The summed E-state index contributed by atoms with van der Waals surface area (Å²) in [5.41, 5.74) is 0.216. The number of benzene rings is 1. The number of carbonyl (C=O) groups excluding carboxylic acids is 1. The van der Waals surface area contributed by atoms with E-state index in [9.17, 15) is 13.6 Å². The molecule has 3 rings (SSSR count). The van der Waals surface area contributed by atoms with Crippen LogP contribution in [0, 0.1) is 11.6 Å². The molecule has 0 saturated carbocycles. The lowest BCUT2D eigenvalue weighted by molar-refractivity contribution is 0.111. The minimum atomic E-state index is -0.881. The number of ether oxygens (including phenoxy) is 1. The largest absolute Gasteiger partial charge is 0.379 e. The van der Waals surface area contributed by atoms with E-state index < -0.39 is 17.2 Å². The van der Waals surface area contributed by atoms with Gasteiger partial charge in [-0.1, -0.05) is 0 Å². The summed E-state index contributed by atoms with van der Waals surface area (Å²) in [6.45, 7) is 1.28. The van der Waals surface area contributed by atoms with Crippen molar-refractivity contribution in [3.05, 3.63) is 41.6 Å². The number of hydrogen-bond acceptors (Lipinski definition) is 3. The number of carbonyl (C=O) groups is 1. The summed E-state index contributed by atoms with van der Waals surface area (Å²) in [5.74, 6) is -1.76. The SMILES string of the molecule is O=Cc1c(F)cc(-c2ccn([C@H]3CCOC3)n2)cc1F. The van der Waals surface area contributed by atoms with Crippen molar-refractivity contribution >= 4 is 6.29 Å². The van der Waals surface area contributed by atoms with E-state index in [1.807, 2.05) is 0 Å². The molecule has 0 N–H and O–H groups in total. The van der Waals surface area contributed by atoms with Gasteiger partial charge in [-0.15, -0.1) is 0 Å². The molecular formula is C14H12F2N2O2. The van der Waals surface area contributed by atoms with E-state index in [0.29, 0.717) is 24.5 Å². The lowest BCUT2D eigenvalue weighted by atomic mass is 10.1. The fourth-order valence-corrected chi connectivity index (χ4v) is 2.27. The fourth-order valence-electron chi connectivity index (χ4n) is 2.27. The predicted molar refractivity (Wildman–Crippen MR) is 67.4 cm³/mol. The normalized spacial score (nSPS) is 18.4. The highest BCUT2D eigenvalue weighted by Crippen LogP contribution is 2.25. The molecule has 1 aliphatic heterocycles. The standard InChI is InChI=1S/C14H12F2N2O2/c15-12-5-9(6-13(16)11(12)7-19)14-1-3-18(17-14)10-2-4-20-8-10/h1,3,5-7,10H,2,4,8H2/t10-/m0/s1. The third kappa shape index (κ3) is 2.22. The Hall–Kier alpha value is -2.08. The zero-order valence-electron chi connectivity index (χ0n) is 10.6. The van der Waals surface area contributed by atoms with E-state index in [-0.39, 0.29) is 12.3 Å². The Bertz CT molecular complexity index is 625. The molecule has 0 radical (unpaired) electrons. The topological polar surface area (TPSA) is 44.1 Å². The maximum absolute atomic E-state index is 13.6. The Labute approximate surface area is 114 Å². The van der Waals surface area contributed by atoms with Gasteiger partial charge in [-0.3, -0.25) is 9.48 Å². The first kappa shape index (κ1) is 12.9. The maximum atomic E-state index is 13.6. The van der Waals surface area contributed by atoms with Gasteiger partial charge in [0.1, 0.15) is 11.6 Å². The Morgan fingerprint density at radius 2 is 2.10 bits per heavy atom. The number of aldehydes is 1. The summed E-state index contributed by atoms with van der Waals surface area (Å²) >= 11 is 0. The fraction of sp³-hybridized carbons (Fsp3) is 0.286. The van der Waals surface area contributed by atoms with Crippen LogP contribution < -0.4 is 0 Å². The first-order chi connectivity index (χ1) is 9.69. The maximum Gasteiger partial charge on any atom is 0.155 e. The molecule has 2 aromatic rings. The van der Waals surface area contributed by atoms with E-state index in [0.717, 1.165) is 18.6 Å². The van der Waals surface area contributed by atoms with Crippen molar-refractivity contribution in [1.82, 2.24) is 9.78 Å². The molecule has 2 heterocycles. The van der Waals surface area contributed by atoms with E-state index in [2.05, 4.69) is 5.10 Å². The van der Waals surface area contributed by atoms with Crippen LogP contribution >= 0.6 is 0 Å². The number of halogens is 2. The van der Waals surface area contributed by atoms with Crippen LogP contribution in [-0.2, 0) is 4.74 Å². The zero-order valence-corrected chi connectivity index (χ0v) is 10.6. The number of aromatic nitrogens is 2. The van der Waals surface area contributed by atoms with Gasteiger partial charge in [-0.05, 0) is 24.6 Å². The molecule has 0 bridgehead atoms. The average molecular weight is 278 g/mol. The Morgan fingerprint density at radius 3 is 2.70 bits per heavy atom. The molecule has 1 saturated heterocycles. The monoisotopic (exact) mass is 278 g/mol. The lowest BCUT2D eigenvalue weighted by Crippen LogP contribution is -2.09. The van der Waals surface area contributed by atoms with E-state index in [1.165, 1.54) is 0 Å². The molecule has 1 aromatic carbocycles. The third-order valence-corrected chi connectivity index (χ3v) is 3.38. The van der Waals surface area contributed by atoms with Crippen LogP contribution in [0.3, 0.4) is 0 Å². The molecule has 20 heavy (non-hydrogen) atoms. The van der Waals surface area contributed by atoms with Gasteiger partial charge in [0.2, 0.25) is 0 Å². The van der Waals surface area contributed by atoms with Crippen LogP contribution in [0.5, 0.6) is 0 Å². The van der Waals surface area contributed by atoms with Crippen LogP contribution in [-0.4, -0.2) is 29.3 Å². The highest BCUT2D eigenvalue weighted by atomic mass is 19.1. The van der Waals surface area contributed by atoms with Gasteiger partial charge >= 0.3 is 0 Å². The van der Waals surface area contributed by atoms with Crippen molar-refractivity contribution in [2.24, 2.45) is 0 Å². The van der Waals surface area contributed by atoms with Crippen molar-refractivity contribution in [3.63, 3.8) is 0 Å². The molecule has 1 fully saturated rings. The molecule has 1 aliphatic rings. The smallest absolute Gasteiger partial charge is 0.155 e. The number of nitrogens with zero attached hydrogens (tertiary/aromatic N) is 2. The summed E-state index contributed by atoms with van der Waals surface area (Å²) < 4.78 is 34.2. The van der Waals surface area contributed by atoms with Gasteiger partial charge in [0.25, 0.3) is 0 Å². The molecule has 1 atom stereocenters. The summed E-state index contributed by atoms with van der Waals surface area (Å²) in [6, 6.07) is 4.08. The Morgan fingerprint density at radius 1 is 1.35 bits per heavy atom. The second-order valence-corrected chi connectivity index (χ2v) is 4.67. The summed E-state index contributed by atoms with van der Waals surface area (Å²) in [4.78, 5) is 10.6. The minimum Gasteiger partial charge on any atom is -0.379 e. The average Bonchev–Trinajstić information content (AvgIpc) is 3.09. The van der Waals surface area contributed by atoms with Crippen LogP contribution in [0.4, 0.5) is 8.78 Å². The first-order valence-corrected chi connectivity index (χ1v) is 6.26. The van der Waals surface area contributed by atoms with E-state index in [4.69, 9.17) is 4.74 Å². The van der Waals surface area contributed by atoms with Gasteiger partial charge < -0.3 is 4.74 Å². The highest BCUT2D eigenvalue weighted by molar-refractivity contribution is 5.77.